The third kappa shape index (κ3) is 2.87. The van der Waals surface area contributed by atoms with E-state index < -0.39 is 10.0 Å². The fourth-order valence-corrected chi connectivity index (χ4v) is 4.81. The molecule has 2 aliphatic rings. The lowest BCUT2D eigenvalue weighted by molar-refractivity contribution is 0.0961. The molecule has 0 spiro atoms. The second-order valence-corrected chi connectivity index (χ2v) is 7.69. The average molecular weight is 276 g/mol. The van der Waals surface area contributed by atoms with Crippen LogP contribution in [-0.4, -0.2) is 50.8 Å². The first kappa shape index (κ1) is 14.2. The number of nitrogens with zero attached hydrogens (tertiary/aromatic N) is 1. The van der Waals surface area contributed by atoms with Crippen LogP contribution in [0.2, 0.25) is 0 Å². The fourth-order valence-electron chi connectivity index (χ4n) is 2.84. The maximum Gasteiger partial charge on any atom is 0.217 e. The van der Waals surface area contributed by atoms with Gasteiger partial charge in [-0.15, -0.1) is 0 Å². The van der Waals surface area contributed by atoms with Crippen molar-refractivity contribution in [2.24, 2.45) is 17.6 Å². The molecule has 2 unspecified atom stereocenters. The SMILES string of the molecule is CC1CCN(S(=O)(=O)C2CCOCC2)CC1CN. The minimum absolute atomic E-state index is 0.252. The molecule has 2 aliphatic heterocycles. The molecule has 0 saturated carbocycles. The van der Waals surface area contributed by atoms with Crippen molar-refractivity contribution in [3.05, 3.63) is 0 Å². The summed E-state index contributed by atoms with van der Waals surface area (Å²) in [6.45, 7) is 5.11. The maximum atomic E-state index is 12.5. The quantitative estimate of drug-likeness (QED) is 0.810. The van der Waals surface area contributed by atoms with E-state index in [1.165, 1.54) is 0 Å². The zero-order chi connectivity index (χ0) is 13.2. The summed E-state index contributed by atoms with van der Waals surface area (Å²) in [4.78, 5) is 0. The van der Waals surface area contributed by atoms with Gasteiger partial charge in [-0.1, -0.05) is 6.92 Å². The summed E-state index contributed by atoms with van der Waals surface area (Å²) in [6.07, 6.45) is 2.17. The number of nitrogens with two attached hydrogens (primary N) is 1. The fraction of sp³-hybridized carbons (Fsp3) is 1.00. The van der Waals surface area contributed by atoms with Crippen molar-refractivity contribution < 1.29 is 13.2 Å². The topological polar surface area (TPSA) is 72.6 Å². The molecule has 2 saturated heterocycles. The molecular formula is C12H24N2O3S. The Morgan fingerprint density at radius 2 is 1.94 bits per heavy atom. The van der Waals surface area contributed by atoms with Crippen molar-refractivity contribution in [1.29, 1.82) is 0 Å². The van der Waals surface area contributed by atoms with Crippen molar-refractivity contribution in [1.82, 2.24) is 4.31 Å². The van der Waals surface area contributed by atoms with Crippen molar-refractivity contribution in [3.8, 4) is 0 Å². The van der Waals surface area contributed by atoms with Gasteiger partial charge in [0.1, 0.15) is 0 Å². The molecule has 5 nitrogen and oxygen atoms in total. The summed E-state index contributed by atoms with van der Waals surface area (Å²) < 4.78 is 32.0. The van der Waals surface area contributed by atoms with E-state index in [1.54, 1.807) is 4.31 Å². The van der Waals surface area contributed by atoms with Gasteiger partial charge in [0.15, 0.2) is 0 Å². The van der Waals surface area contributed by atoms with Gasteiger partial charge in [0.05, 0.1) is 5.25 Å². The van der Waals surface area contributed by atoms with Gasteiger partial charge in [-0.3, -0.25) is 0 Å². The molecule has 0 aromatic rings. The normalized spacial score (nSPS) is 32.6. The first-order valence-electron chi connectivity index (χ1n) is 6.82. The number of ether oxygens (including phenoxy) is 1. The zero-order valence-corrected chi connectivity index (χ0v) is 11.9. The predicted octanol–water partition coefficient (Wildman–Crippen LogP) is 0.412. The monoisotopic (exact) mass is 276 g/mol. The van der Waals surface area contributed by atoms with Gasteiger partial charge in [0, 0.05) is 26.3 Å². The summed E-state index contributed by atoms with van der Waals surface area (Å²) in [7, 11) is -3.15. The highest BCUT2D eigenvalue weighted by atomic mass is 32.2. The Kier molecular flexibility index (Phi) is 4.64. The lowest BCUT2D eigenvalue weighted by atomic mass is 9.88. The van der Waals surface area contributed by atoms with E-state index in [1.807, 2.05) is 0 Å². The molecule has 0 radical (unpaired) electrons. The van der Waals surface area contributed by atoms with E-state index in [9.17, 15) is 8.42 Å². The van der Waals surface area contributed by atoms with Gasteiger partial charge >= 0.3 is 0 Å². The molecule has 0 aromatic heterocycles. The second-order valence-electron chi connectivity index (χ2n) is 5.48. The molecule has 106 valence electrons. The average Bonchev–Trinajstić information content (AvgIpc) is 2.40. The van der Waals surface area contributed by atoms with Crippen LogP contribution in [0.3, 0.4) is 0 Å². The molecule has 18 heavy (non-hydrogen) atoms. The molecule has 0 aliphatic carbocycles. The molecule has 2 fully saturated rings. The number of rotatable bonds is 3. The highest BCUT2D eigenvalue weighted by Gasteiger charge is 2.37. The minimum atomic E-state index is -3.15. The van der Waals surface area contributed by atoms with Gasteiger partial charge in [0.25, 0.3) is 0 Å². The number of sulfonamides is 1. The summed E-state index contributed by atoms with van der Waals surface area (Å²) in [5.74, 6) is 0.824. The minimum Gasteiger partial charge on any atom is -0.381 e. The summed E-state index contributed by atoms with van der Waals surface area (Å²) >= 11 is 0. The van der Waals surface area contributed by atoms with Crippen LogP contribution >= 0.6 is 0 Å². The van der Waals surface area contributed by atoms with Gasteiger partial charge in [-0.05, 0) is 37.6 Å². The van der Waals surface area contributed by atoms with E-state index in [-0.39, 0.29) is 5.25 Å². The van der Waals surface area contributed by atoms with E-state index in [0.29, 0.717) is 57.5 Å². The van der Waals surface area contributed by atoms with Gasteiger partial charge in [-0.25, -0.2) is 12.7 Å². The van der Waals surface area contributed by atoms with Gasteiger partial charge in [0.2, 0.25) is 10.0 Å². The van der Waals surface area contributed by atoms with Crippen molar-refractivity contribution >= 4 is 10.0 Å². The molecule has 2 atom stereocenters. The Bertz CT molecular complexity index is 366. The van der Waals surface area contributed by atoms with E-state index in [0.717, 1.165) is 6.42 Å². The molecule has 2 rings (SSSR count). The van der Waals surface area contributed by atoms with Crippen LogP contribution in [-0.2, 0) is 14.8 Å². The smallest absolute Gasteiger partial charge is 0.217 e. The van der Waals surface area contributed by atoms with Crippen molar-refractivity contribution in [2.75, 3.05) is 32.8 Å². The molecular weight excluding hydrogens is 252 g/mol. The van der Waals surface area contributed by atoms with Crippen LogP contribution in [0.15, 0.2) is 0 Å². The highest BCUT2D eigenvalue weighted by Crippen LogP contribution is 2.28. The van der Waals surface area contributed by atoms with Crippen LogP contribution in [0.5, 0.6) is 0 Å². The molecule has 0 aromatic carbocycles. The first-order chi connectivity index (χ1) is 8.55. The number of hydrogen-bond acceptors (Lipinski definition) is 4. The lowest BCUT2D eigenvalue weighted by Gasteiger charge is -2.38. The number of piperidine rings is 1. The van der Waals surface area contributed by atoms with E-state index >= 15 is 0 Å². The van der Waals surface area contributed by atoms with Crippen LogP contribution in [0.1, 0.15) is 26.2 Å². The third-order valence-corrected chi connectivity index (χ3v) is 6.69. The van der Waals surface area contributed by atoms with Crippen LogP contribution in [0.25, 0.3) is 0 Å². The number of hydrogen-bond donors (Lipinski definition) is 1. The van der Waals surface area contributed by atoms with Gasteiger partial charge in [-0.2, -0.15) is 0 Å². The van der Waals surface area contributed by atoms with Crippen molar-refractivity contribution in [2.45, 2.75) is 31.4 Å². The van der Waals surface area contributed by atoms with Crippen LogP contribution in [0, 0.1) is 11.8 Å². The second kappa shape index (κ2) is 5.86. The van der Waals surface area contributed by atoms with Crippen LogP contribution in [0.4, 0.5) is 0 Å². The Balaban J connectivity index is 2.05. The Labute approximate surface area is 110 Å². The summed E-state index contributed by atoms with van der Waals surface area (Å²) in [6, 6.07) is 0. The standard InChI is InChI=1S/C12H24N2O3S/c1-10-2-5-14(9-11(10)8-13)18(15,16)12-3-6-17-7-4-12/h10-12H,2-9,13H2,1H3. The molecule has 2 N–H and O–H groups in total. The Hall–Kier alpha value is -0.170. The summed E-state index contributed by atoms with van der Waals surface area (Å²) in [5, 5.41) is -0.252. The van der Waals surface area contributed by atoms with E-state index in [2.05, 4.69) is 6.92 Å². The van der Waals surface area contributed by atoms with Crippen LogP contribution < -0.4 is 5.73 Å². The molecule has 0 bridgehead atoms. The van der Waals surface area contributed by atoms with E-state index in [4.69, 9.17) is 10.5 Å². The molecule has 2 heterocycles. The van der Waals surface area contributed by atoms with Crippen molar-refractivity contribution in [3.63, 3.8) is 0 Å². The maximum absolute atomic E-state index is 12.5. The third-order valence-electron chi connectivity index (χ3n) is 4.33. The largest absolute Gasteiger partial charge is 0.381 e. The Morgan fingerprint density at radius 3 is 2.56 bits per heavy atom. The molecule has 6 heteroatoms. The zero-order valence-electron chi connectivity index (χ0n) is 11.0. The predicted molar refractivity (Wildman–Crippen MR) is 70.7 cm³/mol. The first-order valence-corrected chi connectivity index (χ1v) is 8.32. The lowest BCUT2D eigenvalue weighted by Crippen LogP contribution is -2.49. The van der Waals surface area contributed by atoms with Gasteiger partial charge < -0.3 is 10.5 Å². The highest BCUT2D eigenvalue weighted by molar-refractivity contribution is 7.89. The Morgan fingerprint density at radius 1 is 1.28 bits per heavy atom. The molecule has 0 amide bonds. The summed E-state index contributed by atoms with van der Waals surface area (Å²) in [5.41, 5.74) is 5.74.